The normalized spacial score (nSPS) is 14.6. The minimum absolute atomic E-state index is 0.0476. The highest BCUT2D eigenvalue weighted by Crippen LogP contribution is 2.36. The molecule has 0 saturated heterocycles. The van der Waals surface area contributed by atoms with E-state index in [1.54, 1.807) is 14.1 Å². The lowest BCUT2D eigenvalue weighted by Crippen LogP contribution is -2.20. The Kier molecular flexibility index (Phi) is 3.87. The third-order valence-corrected chi connectivity index (χ3v) is 4.05. The highest BCUT2D eigenvalue weighted by atomic mass is 35.5. The minimum atomic E-state index is -0.460. The summed E-state index contributed by atoms with van der Waals surface area (Å²) in [6.07, 6.45) is 0. The van der Waals surface area contributed by atoms with Crippen molar-refractivity contribution in [1.29, 1.82) is 0 Å². The van der Waals surface area contributed by atoms with Crippen molar-refractivity contribution in [3.8, 4) is 5.75 Å². The number of carbonyl (C=O) groups excluding carboxylic acids is 3. The van der Waals surface area contributed by atoms with E-state index in [9.17, 15) is 19.5 Å². The number of amides is 1. The number of thiophene rings is 1. The molecule has 1 aliphatic rings. The van der Waals surface area contributed by atoms with Gasteiger partial charge in [0.25, 0.3) is 5.91 Å². The average Bonchev–Trinajstić information content (AvgIpc) is 2.85. The van der Waals surface area contributed by atoms with Gasteiger partial charge in [0.1, 0.15) is 16.2 Å². The summed E-state index contributed by atoms with van der Waals surface area (Å²) in [7, 11) is 2.84. The van der Waals surface area contributed by atoms with Crippen LogP contribution in [0.2, 0.25) is 0 Å². The lowest BCUT2D eigenvalue weighted by Gasteiger charge is -2.09. The van der Waals surface area contributed by atoms with Gasteiger partial charge in [-0.3, -0.25) is 4.79 Å². The summed E-state index contributed by atoms with van der Waals surface area (Å²) >= 11 is 6.77. The number of hydrogen-bond acceptors (Lipinski definition) is 6. The molecule has 2 N–H and O–H groups in total. The molecule has 0 radical (unpaired) electrons. The van der Waals surface area contributed by atoms with Gasteiger partial charge in [0.2, 0.25) is 0 Å². The molecule has 9 heteroatoms. The van der Waals surface area contributed by atoms with E-state index in [-0.39, 0.29) is 40.2 Å². The number of rotatable bonds is 3. The van der Waals surface area contributed by atoms with Crippen molar-refractivity contribution < 1.29 is 19.5 Å². The Bertz CT molecular complexity index is 653. The number of carbonyl (C=O) groups is 3. The van der Waals surface area contributed by atoms with Crippen LogP contribution in [0.3, 0.4) is 0 Å². The fourth-order valence-corrected chi connectivity index (χ4v) is 2.76. The van der Waals surface area contributed by atoms with E-state index in [2.05, 4.69) is 5.32 Å². The van der Waals surface area contributed by atoms with Crippen LogP contribution in [0.5, 0.6) is 5.75 Å². The first kappa shape index (κ1) is 14.6. The van der Waals surface area contributed by atoms with E-state index in [0.717, 1.165) is 11.3 Å². The molecule has 2 rings (SSSR count). The Morgan fingerprint density at radius 2 is 2.05 bits per heavy atom. The summed E-state index contributed by atoms with van der Waals surface area (Å²) in [4.78, 5) is 36.1. The van der Waals surface area contributed by atoms with Gasteiger partial charge < -0.3 is 24.9 Å². The minimum Gasteiger partial charge on any atom is -0.504 e. The van der Waals surface area contributed by atoms with E-state index in [1.807, 2.05) is 0 Å². The van der Waals surface area contributed by atoms with E-state index in [0.29, 0.717) is 0 Å². The van der Waals surface area contributed by atoms with Gasteiger partial charge in [0.05, 0.1) is 16.4 Å². The molecule has 2 heterocycles. The van der Waals surface area contributed by atoms with Crippen LogP contribution in [0.4, 0.5) is 5.69 Å². The number of nitrogens with one attached hydrogen (secondary N) is 1. The quantitative estimate of drug-likeness (QED) is 0.795. The van der Waals surface area contributed by atoms with Gasteiger partial charge in [-0.1, -0.05) is 11.6 Å². The molecule has 0 aliphatic carbocycles. The van der Waals surface area contributed by atoms with Crippen LogP contribution in [-0.4, -0.2) is 48.7 Å². The molecule has 1 amide bonds. The molecule has 0 fully saturated rings. The summed E-state index contributed by atoms with van der Waals surface area (Å²) in [5, 5.41) is 13.9. The smallest absolute Gasteiger partial charge is 0.301 e. The summed E-state index contributed by atoms with van der Waals surface area (Å²) < 4.78 is 0. The molecular formula is C11H10BClN2O4S. The van der Waals surface area contributed by atoms with Crippen LogP contribution in [0.15, 0.2) is 16.1 Å². The van der Waals surface area contributed by atoms with E-state index < -0.39 is 11.4 Å². The van der Waals surface area contributed by atoms with Gasteiger partial charge in [-0.15, -0.1) is 11.3 Å². The number of hydrogen-bond donors (Lipinski definition) is 2. The maximum absolute atomic E-state index is 11.8. The first-order valence-electron chi connectivity index (χ1n) is 5.58. The largest absolute Gasteiger partial charge is 0.504 e. The van der Waals surface area contributed by atoms with Gasteiger partial charge >= 0.3 is 7.28 Å². The summed E-state index contributed by atoms with van der Waals surface area (Å²) in [6.45, 7) is 0. The first-order valence-corrected chi connectivity index (χ1v) is 6.84. The lowest BCUT2D eigenvalue weighted by molar-refractivity contribution is -0.109. The third-order valence-electron chi connectivity index (χ3n) is 2.69. The molecule has 0 bridgehead atoms. The van der Waals surface area contributed by atoms with Gasteiger partial charge in [-0.25, -0.2) is 0 Å². The molecule has 0 unspecified atom stereocenters. The Balaban J connectivity index is 2.31. The van der Waals surface area contributed by atoms with Crippen molar-refractivity contribution in [2.45, 2.75) is 0 Å². The first-order chi connectivity index (χ1) is 9.32. The molecule has 104 valence electrons. The van der Waals surface area contributed by atoms with Crippen molar-refractivity contribution in [2.75, 3.05) is 19.4 Å². The van der Waals surface area contributed by atoms with Gasteiger partial charge in [-0.2, -0.15) is 0 Å². The predicted octanol–water partition coefficient (Wildman–Crippen LogP) is 0.521. The zero-order valence-electron chi connectivity index (χ0n) is 10.7. The van der Waals surface area contributed by atoms with Crippen molar-refractivity contribution in [1.82, 2.24) is 4.90 Å². The zero-order chi connectivity index (χ0) is 15.0. The number of aromatic hydroxyl groups is 1. The maximum atomic E-state index is 11.8. The zero-order valence-corrected chi connectivity index (χ0v) is 12.3. The summed E-state index contributed by atoms with van der Waals surface area (Å²) in [5.74, 6) is -0.618. The number of nitrogens with zero attached hydrogens (tertiary/aromatic N) is 1. The predicted molar refractivity (Wildman–Crippen MR) is 77.7 cm³/mol. The van der Waals surface area contributed by atoms with Gasteiger partial charge in [0.15, 0.2) is 5.75 Å². The van der Waals surface area contributed by atoms with Crippen molar-refractivity contribution >= 4 is 53.2 Å². The number of halogens is 1. The molecule has 0 atom stereocenters. The molecule has 0 spiro atoms. The van der Waals surface area contributed by atoms with Crippen LogP contribution >= 0.6 is 22.9 Å². The second kappa shape index (κ2) is 5.30. The standard InChI is InChI=1S/C11H10BClN2O4S/c1-15(2)11(19)8-7(16)4(3-20-8)14-6-5(13)9(17)12-10(6)18/h3,12,14,16H,1-2H3. The second-order valence-corrected chi connectivity index (χ2v) is 5.62. The van der Waals surface area contributed by atoms with Crippen molar-refractivity contribution in [3.63, 3.8) is 0 Å². The van der Waals surface area contributed by atoms with Crippen LogP contribution in [0.1, 0.15) is 9.67 Å². The van der Waals surface area contributed by atoms with Crippen LogP contribution < -0.4 is 5.32 Å². The summed E-state index contributed by atoms with van der Waals surface area (Å²) in [6, 6.07) is 0. The van der Waals surface area contributed by atoms with Crippen molar-refractivity contribution in [2.24, 2.45) is 0 Å². The number of anilines is 1. The van der Waals surface area contributed by atoms with Crippen LogP contribution in [0.25, 0.3) is 0 Å². The highest BCUT2D eigenvalue weighted by molar-refractivity contribution is 7.13. The molecule has 1 aromatic rings. The molecule has 6 nitrogen and oxygen atoms in total. The fraction of sp³-hybridized carbons (Fsp3) is 0.182. The summed E-state index contributed by atoms with van der Waals surface area (Å²) in [5.41, 5.74) is -0.769. The Labute approximate surface area is 124 Å². The molecule has 0 aromatic carbocycles. The molecule has 0 saturated carbocycles. The second-order valence-electron chi connectivity index (χ2n) is 4.36. The monoisotopic (exact) mass is 312 g/mol. The Hall–Kier alpha value is -1.80. The highest BCUT2D eigenvalue weighted by Gasteiger charge is 2.32. The molecule has 1 aliphatic heterocycles. The molecular weight excluding hydrogens is 302 g/mol. The Morgan fingerprint density at radius 1 is 1.40 bits per heavy atom. The Morgan fingerprint density at radius 3 is 2.55 bits per heavy atom. The van der Waals surface area contributed by atoms with Crippen LogP contribution in [0, 0.1) is 0 Å². The topological polar surface area (TPSA) is 86.7 Å². The van der Waals surface area contributed by atoms with Crippen LogP contribution in [-0.2, 0) is 9.59 Å². The van der Waals surface area contributed by atoms with Gasteiger partial charge in [-0.05, 0) is 0 Å². The van der Waals surface area contributed by atoms with E-state index >= 15 is 0 Å². The SMILES string of the molecule is CN(C)C(=O)c1scc(NC2=C(Cl)C(=O)BC2=O)c1O. The fourth-order valence-electron chi connectivity index (χ4n) is 1.63. The third kappa shape index (κ3) is 2.44. The van der Waals surface area contributed by atoms with E-state index in [4.69, 9.17) is 11.6 Å². The van der Waals surface area contributed by atoms with Gasteiger partial charge in [0, 0.05) is 19.5 Å². The molecule has 20 heavy (non-hydrogen) atoms. The van der Waals surface area contributed by atoms with E-state index in [1.165, 1.54) is 10.3 Å². The average molecular weight is 313 g/mol. The maximum Gasteiger partial charge on any atom is 0.301 e. The molecule has 1 aromatic heterocycles. The van der Waals surface area contributed by atoms with Crippen molar-refractivity contribution in [3.05, 3.63) is 21.0 Å². The number of allylic oxidation sites excluding steroid dienone is 2. The lowest BCUT2D eigenvalue weighted by atomic mass is 9.73.